The maximum atomic E-state index is 11.7. The minimum absolute atomic E-state index is 0.329. The predicted molar refractivity (Wildman–Crippen MR) is 87.7 cm³/mol. The van der Waals surface area contributed by atoms with Crippen molar-refractivity contribution in [3.8, 4) is 11.8 Å². The molecule has 7 heteroatoms. The molecule has 0 aliphatic heterocycles. The quantitative estimate of drug-likeness (QED) is 0.814. The molecule has 0 saturated heterocycles. The Kier molecular flexibility index (Phi) is 6.17. The zero-order valence-electron chi connectivity index (χ0n) is 12.5. The molecule has 1 N–H and O–H groups in total. The topological polar surface area (TPSA) is 88.4 Å². The van der Waals surface area contributed by atoms with Crippen molar-refractivity contribution in [2.45, 2.75) is 0 Å². The van der Waals surface area contributed by atoms with E-state index >= 15 is 0 Å². The number of amides is 1. The molecule has 0 unspecified atom stereocenters. The van der Waals surface area contributed by atoms with Crippen molar-refractivity contribution in [2.75, 3.05) is 18.5 Å². The molecule has 0 atom stereocenters. The van der Waals surface area contributed by atoms with Gasteiger partial charge in [0.15, 0.2) is 13.2 Å². The van der Waals surface area contributed by atoms with Crippen LogP contribution in [0.2, 0.25) is 5.02 Å². The Hall–Kier alpha value is -3.04. The third-order valence-electron chi connectivity index (χ3n) is 2.81. The first-order chi connectivity index (χ1) is 11.6. The molecule has 0 radical (unpaired) electrons. The van der Waals surface area contributed by atoms with Gasteiger partial charge in [0.25, 0.3) is 5.91 Å². The molecule has 0 aromatic heterocycles. The highest BCUT2D eigenvalue weighted by molar-refractivity contribution is 6.30. The number of carbonyl (C=O) groups excluding carboxylic acids is 2. The van der Waals surface area contributed by atoms with Crippen molar-refractivity contribution in [1.29, 1.82) is 5.26 Å². The number of nitrogens with one attached hydrogen (secondary N) is 1. The zero-order chi connectivity index (χ0) is 17.4. The van der Waals surface area contributed by atoms with Gasteiger partial charge in [-0.1, -0.05) is 17.7 Å². The second kappa shape index (κ2) is 8.56. The van der Waals surface area contributed by atoms with Gasteiger partial charge in [-0.05, 0) is 42.5 Å². The molecule has 24 heavy (non-hydrogen) atoms. The molecular formula is C17H13ClN2O4. The summed E-state index contributed by atoms with van der Waals surface area (Å²) in [7, 11) is 0. The SMILES string of the molecule is N#Cc1ccc(NC(=O)COC(=O)COc2cccc(Cl)c2)cc1. The molecule has 0 bridgehead atoms. The Morgan fingerprint density at radius 1 is 1.12 bits per heavy atom. The third kappa shape index (κ3) is 5.63. The van der Waals surface area contributed by atoms with Gasteiger partial charge in [0, 0.05) is 10.7 Å². The standard InChI is InChI=1S/C17H13ClN2O4/c18-13-2-1-3-15(8-13)23-11-17(22)24-10-16(21)20-14-6-4-12(9-19)5-7-14/h1-8H,10-11H2,(H,20,21). The highest BCUT2D eigenvalue weighted by atomic mass is 35.5. The highest BCUT2D eigenvalue weighted by Crippen LogP contribution is 2.16. The van der Waals surface area contributed by atoms with Crippen molar-refractivity contribution in [3.63, 3.8) is 0 Å². The van der Waals surface area contributed by atoms with Gasteiger partial charge in [-0.15, -0.1) is 0 Å². The fourth-order valence-electron chi connectivity index (χ4n) is 1.71. The van der Waals surface area contributed by atoms with E-state index in [1.54, 1.807) is 48.5 Å². The summed E-state index contributed by atoms with van der Waals surface area (Å²) in [6.07, 6.45) is 0. The molecule has 0 saturated carbocycles. The van der Waals surface area contributed by atoms with Crippen LogP contribution < -0.4 is 10.1 Å². The van der Waals surface area contributed by atoms with Gasteiger partial charge >= 0.3 is 5.97 Å². The number of nitriles is 1. The van der Waals surface area contributed by atoms with Gasteiger partial charge in [0.1, 0.15) is 5.75 Å². The summed E-state index contributed by atoms with van der Waals surface area (Å²) in [5.41, 5.74) is 0.989. The Balaban J connectivity index is 1.72. The lowest BCUT2D eigenvalue weighted by molar-refractivity contribution is -0.149. The minimum atomic E-state index is -0.676. The maximum Gasteiger partial charge on any atom is 0.344 e. The van der Waals surface area contributed by atoms with Crippen molar-refractivity contribution < 1.29 is 19.1 Å². The number of hydrogen-bond donors (Lipinski definition) is 1. The molecule has 1 amide bonds. The summed E-state index contributed by atoms with van der Waals surface area (Å²) in [5.74, 6) is -0.734. The van der Waals surface area contributed by atoms with Crippen molar-refractivity contribution >= 4 is 29.2 Å². The first-order valence-corrected chi connectivity index (χ1v) is 7.28. The van der Waals surface area contributed by atoms with E-state index in [1.165, 1.54) is 0 Å². The van der Waals surface area contributed by atoms with E-state index in [1.807, 2.05) is 6.07 Å². The third-order valence-corrected chi connectivity index (χ3v) is 3.05. The number of benzene rings is 2. The van der Waals surface area contributed by atoms with Gasteiger partial charge in [-0.3, -0.25) is 4.79 Å². The van der Waals surface area contributed by atoms with E-state index in [2.05, 4.69) is 5.32 Å². The summed E-state index contributed by atoms with van der Waals surface area (Å²) >= 11 is 5.79. The largest absolute Gasteiger partial charge is 0.482 e. The van der Waals surface area contributed by atoms with E-state index < -0.39 is 18.5 Å². The van der Waals surface area contributed by atoms with Crippen LogP contribution in [0.1, 0.15) is 5.56 Å². The van der Waals surface area contributed by atoms with Crippen LogP contribution in [0.5, 0.6) is 5.75 Å². The van der Waals surface area contributed by atoms with E-state index in [-0.39, 0.29) is 6.61 Å². The van der Waals surface area contributed by atoms with Crippen molar-refractivity contribution in [3.05, 3.63) is 59.1 Å². The van der Waals surface area contributed by atoms with Crippen LogP contribution in [-0.2, 0) is 14.3 Å². The van der Waals surface area contributed by atoms with Crippen LogP contribution in [0, 0.1) is 11.3 Å². The van der Waals surface area contributed by atoms with E-state index in [4.69, 9.17) is 26.3 Å². The number of ether oxygens (including phenoxy) is 2. The minimum Gasteiger partial charge on any atom is -0.482 e. The molecule has 122 valence electrons. The molecule has 2 aromatic carbocycles. The number of anilines is 1. The Bertz CT molecular complexity index is 769. The fourth-order valence-corrected chi connectivity index (χ4v) is 1.89. The van der Waals surface area contributed by atoms with E-state index in [0.29, 0.717) is 22.0 Å². The fraction of sp³-hybridized carbons (Fsp3) is 0.118. The summed E-state index contributed by atoms with van der Waals surface area (Å²) in [5, 5.41) is 11.7. The number of nitrogens with zero attached hydrogens (tertiary/aromatic N) is 1. The van der Waals surface area contributed by atoms with E-state index in [0.717, 1.165) is 0 Å². The predicted octanol–water partition coefficient (Wildman–Crippen LogP) is 2.77. The molecule has 2 aromatic rings. The molecule has 0 aliphatic carbocycles. The molecular weight excluding hydrogens is 332 g/mol. The summed E-state index contributed by atoms with van der Waals surface area (Å²) in [6, 6.07) is 14.9. The molecule has 0 fully saturated rings. The highest BCUT2D eigenvalue weighted by Gasteiger charge is 2.09. The molecule has 2 rings (SSSR count). The lowest BCUT2D eigenvalue weighted by Gasteiger charge is -2.08. The number of halogens is 1. The Morgan fingerprint density at radius 3 is 2.54 bits per heavy atom. The first-order valence-electron chi connectivity index (χ1n) is 6.91. The lowest BCUT2D eigenvalue weighted by atomic mass is 10.2. The van der Waals surface area contributed by atoms with Crippen LogP contribution in [-0.4, -0.2) is 25.1 Å². The van der Waals surface area contributed by atoms with Crippen LogP contribution in [0.25, 0.3) is 0 Å². The summed E-state index contributed by atoms with van der Waals surface area (Å²) in [4.78, 5) is 23.2. The number of esters is 1. The Morgan fingerprint density at radius 2 is 1.88 bits per heavy atom. The zero-order valence-corrected chi connectivity index (χ0v) is 13.2. The average Bonchev–Trinajstić information content (AvgIpc) is 2.59. The number of carbonyl (C=O) groups is 2. The molecule has 6 nitrogen and oxygen atoms in total. The van der Waals surface area contributed by atoms with E-state index in [9.17, 15) is 9.59 Å². The van der Waals surface area contributed by atoms with Crippen LogP contribution in [0.3, 0.4) is 0 Å². The monoisotopic (exact) mass is 344 g/mol. The number of rotatable bonds is 6. The molecule has 0 heterocycles. The average molecular weight is 345 g/mol. The van der Waals surface area contributed by atoms with Gasteiger partial charge < -0.3 is 14.8 Å². The van der Waals surface area contributed by atoms with Gasteiger partial charge in [-0.25, -0.2) is 4.79 Å². The van der Waals surface area contributed by atoms with Crippen LogP contribution >= 0.6 is 11.6 Å². The Labute approximate surface area is 143 Å². The smallest absolute Gasteiger partial charge is 0.344 e. The van der Waals surface area contributed by atoms with Crippen LogP contribution in [0.15, 0.2) is 48.5 Å². The normalized spacial score (nSPS) is 9.67. The van der Waals surface area contributed by atoms with Crippen molar-refractivity contribution in [2.24, 2.45) is 0 Å². The maximum absolute atomic E-state index is 11.7. The summed E-state index contributed by atoms with van der Waals surface area (Å²) in [6.45, 7) is -0.762. The summed E-state index contributed by atoms with van der Waals surface area (Å²) < 4.78 is 10.0. The lowest BCUT2D eigenvalue weighted by Crippen LogP contribution is -2.23. The van der Waals surface area contributed by atoms with Gasteiger partial charge in [-0.2, -0.15) is 5.26 Å². The van der Waals surface area contributed by atoms with Gasteiger partial charge in [0.2, 0.25) is 0 Å². The molecule has 0 aliphatic rings. The van der Waals surface area contributed by atoms with Crippen LogP contribution in [0.4, 0.5) is 5.69 Å². The first kappa shape index (κ1) is 17.3. The molecule has 0 spiro atoms. The number of hydrogen-bond acceptors (Lipinski definition) is 5. The second-order valence-electron chi connectivity index (χ2n) is 4.64. The second-order valence-corrected chi connectivity index (χ2v) is 5.08. The van der Waals surface area contributed by atoms with Gasteiger partial charge in [0.05, 0.1) is 11.6 Å². The van der Waals surface area contributed by atoms with Crippen molar-refractivity contribution in [1.82, 2.24) is 0 Å².